The molecule has 17 heavy (non-hydrogen) atoms. The molecule has 0 saturated heterocycles. The van der Waals surface area contributed by atoms with Gasteiger partial charge in [0.15, 0.2) is 0 Å². The number of nitrogens with one attached hydrogen (secondary N) is 1. The van der Waals surface area contributed by atoms with Crippen LogP contribution in [0.5, 0.6) is 0 Å². The largest absolute Gasteiger partial charge is 0.309 e. The van der Waals surface area contributed by atoms with Crippen molar-refractivity contribution in [1.29, 1.82) is 0 Å². The standard InChI is InChI=1S/C12H20Cl2N2S/c1-8(2)16(4)6-5-15-9(3)10-7-11(13)17-12(10)14/h7-9,15H,5-6H2,1-4H3. The second-order valence-corrected chi connectivity index (χ2v) is 6.82. The van der Waals surface area contributed by atoms with Crippen LogP contribution < -0.4 is 5.32 Å². The summed E-state index contributed by atoms with van der Waals surface area (Å²) >= 11 is 13.5. The maximum atomic E-state index is 6.12. The summed E-state index contributed by atoms with van der Waals surface area (Å²) < 4.78 is 1.53. The summed E-state index contributed by atoms with van der Waals surface area (Å²) in [6.07, 6.45) is 0. The van der Waals surface area contributed by atoms with E-state index in [-0.39, 0.29) is 6.04 Å². The number of halogens is 2. The Labute approximate surface area is 118 Å². The number of thiophene rings is 1. The maximum absolute atomic E-state index is 6.12. The van der Waals surface area contributed by atoms with Gasteiger partial charge in [0.25, 0.3) is 0 Å². The van der Waals surface area contributed by atoms with Gasteiger partial charge in [-0.05, 0) is 39.4 Å². The average molecular weight is 295 g/mol. The van der Waals surface area contributed by atoms with Gasteiger partial charge in [-0.25, -0.2) is 0 Å². The summed E-state index contributed by atoms with van der Waals surface area (Å²) in [6.45, 7) is 8.47. The molecule has 0 aliphatic carbocycles. The Kier molecular flexibility index (Phi) is 6.24. The lowest BCUT2D eigenvalue weighted by atomic mass is 10.2. The number of likely N-dealkylation sites (N-methyl/N-ethyl adjacent to an activating group) is 1. The zero-order valence-corrected chi connectivity index (χ0v) is 13.1. The molecule has 0 aromatic carbocycles. The van der Waals surface area contributed by atoms with E-state index < -0.39 is 0 Å². The highest BCUT2D eigenvalue weighted by molar-refractivity contribution is 7.20. The van der Waals surface area contributed by atoms with Crippen LogP contribution in [-0.2, 0) is 0 Å². The van der Waals surface area contributed by atoms with Crippen LogP contribution in [0, 0.1) is 0 Å². The van der Waals surface area contributed by atoms with Crippen molar-refractivity contribution in [2.75, 3.05) is 20.1 Å². The molecular formula is C12H20Cl2N2S. The maximum Gasteiger partial charge on any atom is 0.0991 e. The molecule has 1 heterocycles. The highest BCUT2D eigenvalue weighted by Crippen LogP contribution is 2.34. The molecule has 98 valence electrons. The van der Waals surface area contributed by atoms with Gasteiger partial charge in [-0.1, -0.05) is 23.2 Å². The highest BCUT2D eigenvalue weighted by atomic mass is 35.5. The Hall–Kier alpha value is 0.200. The molecule has 5 heteroatoms. The first-order valence-electron chi connectivity index (χ1n) is 5.80. The van der Waals surface area contributed by atoms with Crippen molar-refractivity contribution in [1.82, 2.24) is 10.2 Å². The van der Waals surface area contributed by atoms with Crippen LogP contribution in [0.1, 0.15) is 32.4 Å². The van der Waals surface area contributed by atoms with Crippen LogP contribution >= 0.6 is 34.5 Å². The Morgan fingerprint density at radius 1 is 1.35 bits per heavy atom. The van der Waals surface area contributed by atoms with Gasteiger partial charge in [0.2, 0.25) is 0 Å². The summed E-state index contributed by atoms with van der Waals surface area (Å²) in [6, 6.07) is 2.76. The molecule has 1 atom stereocenters. The lowest BCUT2D eigenvalue weighted by Crippen LogP contribution is -2.34. The fourth-order valence-electron chi connectivity index (χ4n) is 1.47. The van der Waals surface area contributed by atoms with Gasteiger partial charge in [-0.2, -0.15) is 0 Å². The number of nitrogens with zero attached hydrogens (tertiary/aromatic N) is 1. The van der Waals surface area contributed by atoms with E-state index in [4.69, 9.17) is 23.2 Å². The van der Waals surface area contributed by atoms with Crippen LogP contribution in [0.3, 0.4) is 0 Å². The van der Waals surface area contributed by atoms with Crippen molar-refractivity contribution in [2.24, 2.45) is 0 Å². The van der Waals surface area contributed by atoms with Crippen molar-refractivity contribution >= 4 is 34.5 Å². The third-order valence-corrected chi connectivity index (χ3v) is 4.46. The Balaban J connectivity index is 2.40. The third-order valence-electron chi connectivity index (χ3n) is 2.95. The van der Waals surface area contributed by atoms with Gasteiger partial charge in [0, 0.05) is 25.2 Å². The van der Waals surface area contributed by atoms with E-state index in [0.29, 0.717) is 6.04 Å². The quantitative estimate of drug-likeness (QED) is 0.852. The monoisotopic (exact) mass is 294 g/mol. The molecule has 1 aromatic heterocycles. The number of rotatable bonds is 6. The minimum absolute atomic E-state index is 0.242. The molecule has 0 radical (unpaired) electrons. The van der Waals surface area contributed by atoms with E-state index >= 15 is 0 Å². The van der Waals surface area contributed by atoms with Gasteiger partial charge in [-0.15, -0.1) is 11.3 Å². The molecule has 1 aromatic rings. The van der Waals surface area contributed by atoms with Crippen molar-refractivity contribution in [3.8, 4) is 0 Å². The molecule has 0 bridgehead atoms. The molecule has 1 unspecified atom stereocenters. The van der Waals surface area contributed by atoms with Gasteiger partial charge < -0.3 is 10.2 Å². The zero-order chi connectivity index (χ0) is 13.0. The minimum Gasteiger partial charge on any atom is -0.309 e. The molecule has 0 saturated carbocycles. The lowest BCUT2D eigenvalue weighted by Gasteiger charge is -2.22. The van der Waals surface area contributed by atoms with Crippen LogP contribution in [0.15, 0.2) is 6.07 Å². The van der Waals surface area contributed by atoms with E-state index in [0.717, 1.165) is 27.3 Å². The van der Waals surface area contributed by atoms with E-state index in [1.54, 1.807) is 0 Å². The van der Waals surface area contributed by atoms with Crippen molar-refractivity contribution in [3.63, 3.8) is 0 Å². The van der Waals surface area contributed by atoms with E-state index in [1.165, 1.54) is 11.3 Å². The topological polar surface area (TPSA) is 15.3 Å². The van der Waals surface area contributed by atoms with Crippen molar-refractivity contribution in [2.45, 2.75) is 32.9 Å². The second-order valence-electron chi connectivity index (χ2n) is 4.53. The smallest absolute Gasteiger partial charge is 0.0991 e. The average Bonchev–Trinajstić information content (AvgIpc) is 2.57. The number of hydrogen-bond acceptors (Lipinski definition) is 3. The molecule has 0 amide bonds. The third kappa shape index (κ3) is 4.76. The summed E-state index contributed by atoms with van der Waals surface area (Å²) in [5.41, 5.74) is 1.09. The molecule has 0 spiro atoms. The second kappa shape index (κ2) is 6.95. The minimum atomic E-state index is 0.242. The van der Waals surface area contributed by atoms with E-state index in [2.05, 4.69) is 38.0 Å². The Morgan fingerprint density at radius 2 is 2.00 bits per heavy atom. The molecule has 1 N–H and O–H groups in total. The highest BCUT2D eigenvalue weighted by Gasteiger charge is 2.13. The molecular weight excluding hydrogens is 275 g/mol. The molecule has 2 nitrogen and oxygen atoms in total. The predicted molar refractivity (Wildman–Crippen MR) is 78.5 cm³/mol. The van der Waals surface area contributed by atoms with Crippen molar-refractivity contribution in [3.05, 3.63) is 20.3 Å². The lowest BCUT2D eigenvalue weighted by molar-refractivity contribution is 0.270. The SMILES string of the molecule is CC(NCCN(C)C(C)C)c1cc(Cl)sc1Cl. The van der Waals surface area contributed by atoms with Gasteiger partial charge in [0.05, 0.1) is 8.67 Å². The summed E-state index contributed by atoms with van der Waals surface area (Å²) in [5, 5.41) is 3.46. The van der Waals surface area contributed by atoms with E-state index in [1.807, 2.05) is 6.07 Å². The summed E-state index contributed by atoms with van der Waals surface area (Å²) in [7, 11) is 2.13. The first kappa shape index (κ1) is 15.3. The summed E-state index contributed by atoms with van der Waals surface area (Å²) in [5.74, 6) is 0. The summed E-state index contributed by atoms with van der Waals surface area (Å²) in [4.78, 5) is 2.31. The first-order chi connectivity index (χ1) is 7.91. The fourth-order valence-corrected chi connectivity index (χ4v) is 3.12. The van der Waals surface area contributed by atoms with Gasteiger partial charge in [0.1, 0.15) is 0 Å². The Bertz CT molecular complexity index is 352. The van der Waals surface area contributed by atoms with Crippen LogP contribution in [0.4, 0.5) is 0 Å². The number of hydrogen-bond donors (Lipinski definition) is 1. The van der Waals surface area contributed by atoms with Gasteiger partial charge >= 0.3 is 0 Å². The molecule has 1 rings (SSSR count). The molecule has 0 aliphatic rings. The van der Waals surface area contributed by atoms with Crippen LogP contribution in [0.25, 0.3) is 0 Å². The Morgan fingerprint density at radius 3 is 2.47 bits per heavy atom. The fraction of sp³-hybridized carbons (Fsp3) is 0.667. The van der Waals surface area contributed by atoms with Crippen LogP contribution in [-0.4, -0.2) is 31.1 Å². The molecule has 0 aliphatic heterocycles. The van der Waals surface area contributed by atoms with Crippen LogP contribution in [0.2, 0.25) is 8.67 Å². The predicted octanol–water partition coefficient (Wildman–Crippen LogP) is 4.05. The molecule has 0 fully saturated rings. The normalized spacial score (nSPS) is 13.6. The van der Waals surface area contributed by atoms with Gasteiger partial charge in [-0.3, -0.25) is 0 Å². The zero-order valence-electron chi connectivity index (χ0n) is 10.8. The van der Waals surface area contributed by atoms with Crippen molar-refractivity contribution < 1.29 is 0 Å². The first-order valence-corrected chi connectivity index (χ1v) is 7.37. The van der Waals surface area contributed by atoms with E-state index in [9.17, 15) is 0 Å².